The SMILES string of the molecule is C=C(C)C[C@@H](N)c1cccc([N+](=O)[O-])c1.Cl. The number of nitrogens with two attached hydrogens (primary N) is 1. The van der Waals surface area contributed by atoms with Gasteiger partial charge in [-0.05, 0) is 18.9 Å². The summed E-state index contributed by atoms with van der Waals surface area (Å²) in [5.41, 5.74) is 7.69. The van der Waals surface area contributed by atoms with Crippen molar-refractivity contribution in [3.05, 3.63) is 52.1 Å². The van der Waals surface area contributed by atoms with E-state index in [9.17, 15) is 10.1 Å². The molecule has 0 aliphatic carbocycles. The van der Waals surface area contributed by atoms with Gasteiger partial charge in [0.25, 0.3) is 5.69 Å². The average Bonchev–Trinajstić information content (AvgIpc) is 2.17. The summed E-state index contributed by atoms with van der Waals surface area (Å²) in [5, 5.41) is 10.5. The van der Waals surface area contributed by atoms with Gasteiger partial charge in [-0.1, -0.05) is 17.7 Å². The second-order valence-electron chi connectivity index (χ2n) is 3.62. The maximum Gasteiger partial charge on any atom is 0.269 e. The third kappa shape index (κ3) is 4.00. The van der Waals surface area contributed by atoms with E-state index < -0.39 is 4.92 Å². The van der Waals surface area contributed by atoms with Crippen molar-refractivity contribution in [1.29, 1.82) is 0 Å². The number of hydrogen-bond acceptors (Lipinski definition) is 3. The van der Waals surface area contributed by atoms with Crippen molar-refractivity contribution >= 4 is 18.1 Å². The number of rotatable bonds is 4. The predicted molar refractivity (Wildman–Crippen MR) is 66.7 cm³/mol. The molecule has 2 N–H and O–H groups in total. The number of nitrogens with zero attached hydrogens (tertiary/aromatic N) is 1. The standard InChI is InChI=1S/C11H14N2O2.ClH/c1-8(2)6-11(12)9-4-3-5-10(7-9)13(14)15;/h3-5,7,11H,1,6,12H2,2H3;1H/t11-;/m1./s1. The van der Waals surface area contributed by atoms with E-state index in [4.69, 9.17) is 5.73 Å². The summed E-state index contributed by atoms with van der Waals surface area (Å²) in [4.78, 5) is 10.1. The van der Waals surface area contributed by atoms with Crippen molar-refractivity contribution in [2.45, 2.75) is 19.4 Å². The van der Waals surface area contributed by atoms with E-state index in [1.165, 1.54) is 12.1 Å². The monoisotopic (exact) mass is 242 g/mol. The molecule has 0 aliphatic rings. The predicted octanol–water partition coefficient (Wildman–Crippen LogP) is 2.98. The number of benzene rings is 1. The molecule has 0 heterocycles. The molecule has 0 aliphatic heterocycles. The highest BCUT2D eigenvalue weighted by Crippen LogP contribution is 2.21. The lowest BCUT2D eigenvalue weighted by Crippen LogP contribution is -2.10. The van der Waals surface area contributed by atoms with Crippen molar-refractivity contribution in [3.8, 4) is 0 Å². The van der Waals surface area contributed by atoms with Crippen molar-refractivity contribution in [2.75, 3.05) is 0 Å². The molecule has 0 saturated heterocycles. The van der Waals surface area contributed by atoms with Crippen LogP contribution in [0.15, 0.2) is 36.4 Å². The Balaban J connectivity index is 0.00000225. The van der Waals surface area contributed by atoms with Crippen LogP contribution in [0.25, 0.3) is 0 Å². The zero-order valence-corrected chi connectivity index (χ0v) is 9.87. The fraction of sp³-hybridized carbons (Fsp3) is 0.273. The molecule has 1 rings (SSSR count). The smallest absolute Gasteiger partial charge is 0.269 e. The summed E-state index contributed by atoms with van der Waals surface area (Å²) in [6, 6.07) is 6.18. The van der Waals surface area contributed by atoms with Crippen LogP contribution in [-0.2, 0) is 0 Å². The Morgan fingerprint density at radius 2 is 2.25 bits per heavy atom. The minimum atomic E-state index is -0.420. The fourth-order valence-corrected chi connectivity index (χ4v) is 1.36. The van der Waals surface area contributed by atoms with Crippen LogP contribution in [0.2, 0.25) is 0 Å². The molecule has 0 radical (unpaired) electrons. The molecule has 88 valence electrons. The topological polar surface area (TPSA) is 69.2 Å². The zero-order valence-electron chi connectivity index (χ0n) is 9.05. The van der Waals surface area contributed by atoms with E-state index in [0.717, 1.165) is 11.1 Å². The Labute approximate surface area is 101 Å². The molecule has 16 heavy (non-hydrogen) atoms. The highest BCUT2D eigenvalue weighted by atomic mass is 35.5. The molecule has 0 aromatic heterocycles. The second kappa shape index (κ2) is 6.25. The maximum absolute atomic E-state index is 10.5. The van der Waals surface area contributed by atoms with Crippen molar-refractivity contribution in [3.63, 3.8) is 0 Å². The largest absolute Gasteiger partial charge is 0.324 e. The van der Waals surface area contributed by atoms with E-state index in [0.29, 0.717) is 6.42 Å². The maximum atomic E-state index is 10.5. The highest BCUT2D eigenvalue weighted by molar-refractivity contribution is 5.85. The molecule has 1 aromatic rings. The summed E-state index contributed by atoms with van der Waals surface area (Å²) in [6.07, 6.45) is 0.640. The first-order valence-corrected chi connectivity index (χ1v) is 4.65. The van der Waals surface area contributed by atoms with Crippen LogP contribution < -0.4 is 5.73 Å². The molecule has 5 heteroatoms. The van der Waals surface area contributed by atoms with Crippen LogP contribution in [0, 0.1) is 10.1 Å². The normalized spacial score (nSPS) is 11.4. The van der Waals surface area contributed by atoms with Gasteiger partial charge in [0.2, 0.25) is 0 Å². The lowest BCUT2D eigenvalue weighted by Gasteiger charge is -2.11. The molecular weight excluding hydrogens is 228 g/mol. The minimum absolute atomic E-state index is 0. The summed E-state index contributed by atoms with van der Waals surface area (Å²) < 4.78 is 0. The Morgan fingerprint density at radius 1 is 1.62 bits per heavy atom. The lowest BCUT2D eigenvalue weighted by atomic mass is 10.0. The Kier molecular flexibility index (Phi) is 5.71. The van der Waals surface area contributed by atoms with E-state index in [1.54, 1.807) is 12.1 Å². The highest BCUT2D eigenvalue weighted by Gasteiger charge is 2.10. The van der Waals surface area contributed by atoms with E-state index >= 15 is 0 Å². The van der Waals surface area contributed by atoms with Gasteiger partial charge in [0.05, 0.1) is 4.92 Å². The third-order valence-electron chi connectivity index (χ3n) is 2.08. The summed E-state index contributed by atoms with van der Waals surface area (Å²) in [7, 11) is 0. The second-order valence-corrected chi connectivity index (χ2v) is 3.62. The summed E-state index contributed by atoms with van der Waals surface area (Å²) in [6.45, 7) is 5.65. The Morgan fingerprint density at radius 3 is 2.75 bits per heavy atom. The molecule has 0 amide bonds. The molecular formula is C11H15ClN2O2. The first-order valence-electron chi connectivity index (χ1n) is 4.65. The molecule has 0 unspecified atom stereocenters. The minimum Gasteiger partial charge on any atom is -0.324 e. The van der Waals surface area contributed by atoms with Gasteiger partial charge in [-0.15, -0.1) is 19.0 Å². The summed E-state index contributed by atoms with van der Waals surface area (Å²) in [5.74, 6) is 0. The zero-order chi connectivity index (χ0) is 11.4. The number of halogens is 1. The van der Waals surface area contributed by atoms with Gasteiger partial charge < -0.3 is 5.73 Å². The van der Waals surface area contributed by atoms with Gasteiger partial charge in [-0.2, -0.15) is 0 Å². The molecule has 1 aromatic carbocycles. The lowest BCUT2D eigenvalue weighted by molar-refractivity contribution is -0.384. The molecule has 0 spiro atoms. The van der Waals surface area contributed by atoms with Gasteiger partial charge in [-0.25, -0.2) is 0 Å². The van der Waals surface area contributed by atoms with E-state index in [-0.39, 0.29) is 24.1 Å². The van der Waals surface area contributed by atoms with Crippen LogP contribution in [0.5, 0.6) is 0 Å². The third-order valence-corrected chi connectivity index (χ3v) is 2.08. The van der Waals surface area contributed by atoms with Gasteiger partial charge in [0.1, 0.15) is 0 Å². The van der Waals surface area contributed by atoms with Gasteiger partial charge >= 0.3 is 0 Å². The molecule has 1 atom stereocenters. The number of nitro groups is 1. The molecule has 0 bridgehead atoms. The average molecular weight is 243 g/mol. The van der Waals surface area contributed by atoms with Gasteiger partial charge in [0, 0.05) is 18.2 Å². The molecule has 4 nitrogen and oxygen atoms in total. The van der Waals surface area contributed by atoms with Crippen LogP contribution in [0.3, 0.4) is 0 Å². The Hall–Kier alpha value is -1.39. The van der Waals surface area contributed by atoms with E-state index in [1.807, 2.05) is 6.92 Å². The van der Waals surface area contributed by atoms with Crippen LogP contribution >= 0.6 is 12.4 Å². The first kappa shape index (κ1) is 14.6. The molecule has 0 saturated carbocycles. The van der Waals surface area contributed by atoms with Gasteiger partial charge in [0.15, 0.2) is 0 Å². The van der Waals surface area contributed by atoms with Gasteiger partial charge in [-0.3, -0.25) is 10.1 Å². The van der Waals surface area contributed by atoms with E-state index in [2.05, 4.69) is 6.58 Å². The number of non-ortho nitro benzene ring substituents is 1. The van der Waals surface area contributed by atoms with Crippen LogP contribution in [0.1, 0.15) is 24.9 Å². The summed E-state index contributed by atoms with van der Waals surface area (Å²) >= 11 is 0. The van der Waals surface area contributed by atoms with Crippen LogP contribution in [0.4, 0.5) is 5.69 Å². The van der Waals surface area contributed by atoms with Crippen molar-refractivity contribution in [1.82, 2.24) is 0 Å². The van der Waals surface area contributed by atoms with Crippen LogP contribution in [-0.4, -0.2) is 4.92 Å². The van der Waals surface area contributed by atoms with Crippen molar-refractivity contribution < 1.29 is 4.92 Å². The number of nitro benzene ring substituents is 1. The number of hydrogen-bond donors (Lipinski definition) is 1. The Bertz CT molecular complexity index is 393. The quantitative estimate of drug-likeness (QED) is 0.501. The fourth-order valence-electron chi connectivity index (χ4n) is 1.36. The first-order chi connectivity index (χ1) is 7.00. The molecule has 0 fully saturated rings. The van der Waals surface area contributed by atoms with Crippen molar-refractivity contribution in [2.24, 2.45) is 5.73 Å².